The number of morpholine rings is 1. The highest BCUT2D eigenvalue weighted by Crippen LogP contribution is 2.27. The van der Waals surface area contributed by atoms with Gasteiger partial charge < -0.3 is 19.7 Å². The lowest BCUT2D eigenvalue weighted by Gasteiger charge is -2.35. The quantitative estimate of drug-likeness (QED) is 0.737. The summed E-state index contributed by atoms with van der Waals surface area (Å²) in [6.45, 7) is 1.66. The van der Waals surface area contributed by atoms with Gasteiger partial charge in [0.1, 0.15) is 12.7 Å². The number of benzene rings is 1. The van der Waals surface area contributed by atoms with E-state index in [1.165, 1.54) is 17.2 Å². The summed E-state index contributed by atoms with van der Waals surface area (Å²) in [4.78, 5) is 8.64. The molecule has 10 heteroatoms. The van der Waals surface area contributed by atoms with Crippen LogP contribution in [0.5, 0.6) is 5.88 Å². The third-order valence-corrected chi connectivity index (χ3v) is 5.48. The molecule has 1 saturated heterocycles. The van der Waals surface area contributed by atoms with E-state index >= 15 is 0 Å². The lowest BCUT2D eigenvalue weighted by Crippen LogP contribution is -2.53. The van der Waals surface area contributed by atoms with Crippen LogP contribution < -0.4 is 10.1 Å². The number of aromatic nitrogens is 2. The summed E-state index contributed by atoms with van der Waals surface area (Å²) in [5, 5.41) is 4.08. The number of alkyl halides is 3. The smallest absolute Gasteiger partial charge is 0.451 e. The molecule has 4 rings (SSSR count). The molecule has 1 fully saturated rings. The number of halogens is 3. The van der Waals surface area contributed by atoms with Crippen molar-refractivity contribution in [3.05, 3.63) is 53.5 Å². The second-order valence-corrected chi connectivity index (χ2v) is 7.68. The first-order valence-corrected chi connectivity index (χ1v) is 10.1. The highest BCUT2D eigenvalue weighted by molar-refractivity contribution is 7.80. The topological polar surface area (TPSA) is 59.5 Å². The van der Waals surface area contributed by atoms with Crippen molar-refractivity contribution in [3.63, 3.8) is 0 Å². The Balaban J connectivity index is 1.28. The van der Waals surface area contributed by atoms with Gasteiger partial charge in [-0.1, -0.05) is 24.3 Å². The number of ether oxygens (including phenoxy) is 2. The zero-order valence-electron chi connectivity index (χ0n) is 16.1. The van der Waals surface area contributed by atoms with Gasteiger partial charge in [0.15, 0.2) is 5.11 Å². The molecule has 1 aromatic carbocycles. The van der Waals surface area contributed by atoms with Crippen molar-refractivity contribution < 1.29 is 22.6 Å². The number of nitrogens with one attached hydrogen (secondary N) is 1. The van der Waals surface area contributed by atoms with Gasteiger partial charge in [0.05, 0.1) is 6.61 Å². The zero-order valence-corrected chi connectivity index (χ0v) is 16.9. The van der Waals surface area contributed by atoms with Crippen LogP contribution >= 0.6 is 12.2 Å². The molecule has 0 amide bonds. The van der Waals surface area contributed by atoms with Crippen LogP contribution in [-0.4, -0.2) is 58.4 Å². The molecule has 0 radical (unpaired) electrons. The molecule has 1 aliphatic carbocycles. The highest BCUT2D eigenvalue weighted by atomic mass is 32.1. The van der Waals surface area contributed by atoms with Crippen molar-refractivity contribution in [1.82, 2.24) is 20.2 Å². The molecule has 2 aromatic rings. The van der Waals surface area contributed by atoms with Crippen molar-refractivity contribution in [2.45, 2.75) is 31.2 Å². The summed E-state index contributed by atoms with van der Waals surface area (Å²) in [6, 6.07) is 9.91. The minimum absolute atomic E-state index is 0.0717. The van der Waals surface area contributed by atoms with Crippen molar-refractivity contribution in [2.75, 3.05) is 26.3 Å². The number of fused-ring (bicyclic) bond motifs is 1. The molecule has 0 saturated carbocycles. The molecule has 30 heavy (non-hydrogen) atoms. The predicted octanol–water partition coefficient (Wildman–Crippen LogP) is 2.62. The van der Waals surface area contributed by atoms with E-state index in [-0.39, 0.29) is 24.6 Å². The summed E-state index contributed by atoms with van der Waals surface area (Å²) in [6.07, 6.45) is -2.05. The SMILES string of the molecule is FC(F)(F)c1nccc(OCC2CN(C(=S)NC3Cc4ccccc4C3)CCO2)n1. The Kier molecular flexibility index (Phi) is 6.05. The average molecular weight is 438 g/mol. The average Bonchev–Trinajstić information content (AvgIpc) is 3.14. The Morgan fingerprint density at radius 2 is 1.97 bits per heavy atom. The summed E-state index contributed by atoms with van der Waals surface area (Å²) >= 11 is 5.58. The van der Waals surface area contributed by atoms with Crippen molar-refractivity contribution in [1.29, 1.82) is 0 Å². The van der Waals surface area contributed by atoms with Crippen molar-refractivity contribution >= 4 is 17.3 Å². The van der Waals surface area contributed by atoms with Gasteiger partial charge in [-0.15, -0.1) is 0 Å². The molecule has 2 heterocycles. The Labute approximate surface area is 177 Å². The van der Waals surface area contributed by atoms with E-state index in [1.807, 2.05) is 17.0 Å². The molecule has 1 unspecified atom stereocenters. The van der Waals surface area contributed by atoms with Crippen LogP contribution in [0.25, 0.3) is 0 Å². The minimum Gasteiger partial charge on any atom is -0.475 e. The van der Waals surface area contributed by atoms with Gasteiger partial charge in [-0.3, -0.25) is 0 Å². The molecule has 1 N–H and O–H groups in total. The summed E-state index contributed by atoms with van der Waals surface area (Å²) in [5.74, 6) is -1.36. The lowest BCUT2D eigenvalue weighted by atomic mass is 10.1. The molecule has 1 atom stereocenters. The molecule has 1 aromatic heterocycles. The Hall–Kier alpha value is -2.46. The summed E-state index contributed by atoms with van der Waals surface area (Å²) < 4.78 is 49.3. The third-order valence-electron chi connectivity index (χ3n) is 5.11. The Bertz CT molecular complexity index is 887. The van der Waals surface area contributed by atoms with Gasteiger partial charge in [0.25, 0.3) is 0 Å². The fourth-order valence-electron chi connectivity index (χ4n) is 3.67. The largest absolute Gasteiger partial charge is 0.475 e. The lowest BCUT2D eigenvalue weighted by molar-refractivity contribution is -0.145. The Morgan fingerprint density at radius 3 is 2.67 bits per heavy atom. The molecule has 2 aliphatic rings. The number of rotatable bonds is 4. The van der Waals surface area contributed by atoms with Crippen LogP contribution in [0.4, 0.5) is 13.2 Å². The predicted molar refractivity (Wildman–Crippen MR) is 107 cm³/mol. The summed E-state index contributed by atoms with van der Waals surface area (Å²) in [5.41, 5.74) is 2.68. The van der Waals surface area contributed by atoms with Crippen molar-refractivity contribution in [3.8, 4) is 5.88 Å². The van der Waals surface area contributed by atoms with Crippen LogP contribution in [0.2, 0.25) is 0 Å². The van der Waals surface area contributed by atoms with Crippen LogP contribution in [0, 0.1) is 0 Å². The highest BCUT2D eigenvalue weighted by Gasteiger charge is 2.35. The van der Waals surface area contributed by atoms with Gasteiger partial charge in [-0.25, -0.2) is 4.98 Å². The fraction of sp³-hybridized carbons (Fsp3) is 0.450. The molecule has 0 spiro atoms. The molecule has 1 aliphatic heterocycles. The van der Waals surface area contributed by atoms with Crippen LogP contribution in [0.3, 0.4) is 0 Å². The maximum atomic E-state index is 12.7. The van der Waals surface area contributed by atoms with Gasteiger partial charge >= 0.3 is 6.18 Å². The van der Waals surface area contributed by atoms with E-state index in [4.69, 9.17) is 21.7 Å². The maximum absolute atomic E-state index is 12.7. The number of nitrogens with zero attached hydrogens (tertiary/aromatic N) is 3. The second kappa shape index (κ2) is 8.73. The molecule has 6 nitrogen and oxygen atoms in total. The molecule has 160 valence electrons. The van der Waals surface area contributed by atoms with E-state index in [1.54, 1.807) is 0 Å². The summed E-state index contributed by atoms with van der Waals surface area (Å²) in [7, 11) is 0. The normalized spacial score (nSPS) is 19.4. The first kappa shape index (κ1) is 20.8. The standard InChI is InChI=1S/C20H21F3N4O2S/c21-20(22,23)18-24-6-5-17(26-18)29-12-16-11-27(7-8-28-16)19(30)25-15-9-13-3-1-2-4-14(13)10-15/h1-6,15-16H,7-12H2,(H,25,30). The number of hydrogen-bond acceptors (Lipinski definition) is 5. The van der Waals surface area contributed by atoms with Crippen molar-refractivity contribution in [2.24, 2.45) is 0 Å². The fourth-order valence-corrected chi connectivity index (χ4v) is 4.00. The van der Waals surface area contributed by atoms with E-state index in [9.17, 15) is 13.2 Å². The van der Waals surface area contributed by atoms with Crippen LogP contribution in [-0.2, 0) is 23.8 Å². The first-order chi connectivity index (χ1) is 14.4. The van der Waals surface area contributed by atoms with Crippen LogP contribution in [0.1, 0.15) is 17.0 Å². The zero-order chi connectivity index (χ0) is 21.1. The van der Waals surface area contributed by atoms with E-state index in [0.29, 0.717) is 24.8 Å². The van der Waals surface area contributed by atoms with Crippen LogP contribution in [0.15, 0.2) is 36.5 Å². The van der Waals surface area contributed by atoms with Gasteiger partial charge in [-0.05, 0) is 36.2 Å². The first-order valence-electron chi connectivity index (χ1n) is 9.65. The second-order valence-electron chi connectivity index (χ2n) is 7.29. The minimum atomic E-state index is -4.62. The molecule has 0 bridgehead atoms. The molecular weight excluding hydrogens is 417 g/mol. The molecular formula is C20H21F3N4O2S. The van der Waals surface area contributed by atoms with E-state index in [0.717, 1.165) is 19.0 Å². The monoisotopic (exact) mass is 438 g/mol. The Morgan fingerprint density at radius 1 is 1.23 bits per heavy atom. The van der Waals surface area contributed by atoms with E-state index < -0.39 is 12.0 Å². The van der Waals surface area contributed by atoms with E-state index in [2.05, 4.69) is 27.4 Å². The number of hydrogen-bond donors (Lipinski definition) is 1. The third kappa shape index (κ3) is 4.99. The van der Waals surface area contributed by atoms with Gasteiger partial charge in [-0.2, -0.15) is 18.2 Å². The van der Waals surface area contributed by atoms with Gasteiger partial charge in [0.2, 0.25) is 11.7 Å². The number of thiocarbonyl (C=S) groups is 1. The maximum Gasteiger partial charge on any atom is 0.451 e. The van der Waals surface area contributed by atoms with Gasteiger partial charge in [0, 0.05) is 31.4 Å².